The molecule has 1 heterocycles. The molecule has 3 rings (SSSR count). The molecule has 1 saturated carbocycles. The van der Waals surface area contributed by atoms with Crippen LogP contribution in [0, 0.1) is 11.6 Å². The van der Waals surface area contributed by atoms with Gasteiger partial charge in [-0.2, -0.15) is 5.10 Å². The van der Waals surface area contributed by atoms with Gasteiger partial charge >= 0.3 is 0 Å². The summed E-state index contributed by atoms with van der Waals surface area (Å²) < 4.78 is 28.6. The lowest BCUT2D eigenvalue weighted by atomic mass is 10.1. The van der Waals surface area contributed by atoms with Crippen molar-refractivity contribution < 1.29 is 13.6 Å². The minimum atomic E-state index is -0.625. The summed E-state index contributed by atoms with van der Waals surface area (Å²) in [6.07, 6.45) is 6.19. The van der Waals surface area contributed by atoms with Gasteiger partial charge in [-0.25, -0.2) is 13.5 Å². The number of hydrogen-bond acceptors (Lipinski definition) is 3. The van der Waals surface area contributed by atoms with Crippen LogP contribution in [0.2, 0.25) is 0 Å². The SMILES string of the molecule is CC(NCC(=O)Nc1ccnn1C1CCCC1)c1ccc(F)cc1F. The number of halogens is 2. The van der Waals surface area contributed by atoms with Gasteiger partial charge in [-0.05, 0) is 25.8 Å². The fraction of sp³-hybridized carbons (Fsp3) is 0.444. The molecule has 1 amide bonds. The van der Waals surface area contributed by atoms with E-state index in [2.05, 4.69) is 15.7 Å². The number of aromatic nitrogens is 2. The van der Waals surface area contributed by atoms with Crippen molar-refractivity contribution >= 4 is 11.7 Å². The van der Waals surface area contributed by atoms with E-state index in [0.717, 1.165) is 18.9 Å². The number of amides is 1. The van der Waals surface area contributed by atoms with Gasteiger partial charge in [-0.1, -0.05) is 18.9 Å². The zero-order valence-electron chi connectivity index (χ0n) is 14.1. The highest BCUT2D eigenvalue weighted by atomic mass is 19.1. The van der Waals surface area contributed by atoms with Crippen molar-refractivity contribution in [3.05, 3.63) is 47.7 Å². The monoisotopic (exact) mass is 348 g/mol. The first-order valence-corrected chi connectivity index (χ1v) is 8.56. The number of benzene rings is 1. The van der Waals surface area contributed by atoms with Crippen LogP contribution in [0.25, 0.3) is 0 Å². The van der Waals surface area contributed by atoms with Crippen LogP contribution in [0.15, 0.2) is 30.5 Å². The van der Waals surface area contributed by atoms with Crippen LogP contribution in [0.3, 0.4) is 0 Å². The highest BCUT2D eigenvalue weighted by Gasteiger charge is 2.20. The number of nitrogens with one attached hydrogen (secondary N) is 2. The highest BCUT2D eigenvalue weighted by Crippen LogP contribution is 2.31. The average Bonchev–Trinajstić information content (AvgIpc) is 3.23. The summed E-state index contributed by atoms with van der Waals surface area (Å²) in [6, 6.07) is 5.13. The van der Waals surface area contributed by atoms with Crippen LogP contribution in [0.4, 0.5) is 14.6 Å². The Morgan fingerprint density at radius 2 is 2.08 bits per heavy atom. The molecular formula is C18H22F2N4O. The number of anilines is 1. The first kappa shape index (κ1) is 17.5. The predicted molar refractivity (Wildman–Crippen MR) is 91.1 cm³/mol. The molecule has 1 aliphatic rings. The van der Waals surface area contributed by atoms with E-state index in [1.54, 1.807) is 19.2 Å². The zero-order valence-corrected chi connectivity index (χ0v) is 14.1. The van der Waals surface area contributed by atoms with E-state index in [1.807, 2.05) is 4.68 Å². The summed E-state index contributed by atoms with van der Waals surface area (Å²) in [4.78, 5) is 12.2. The second kappa shape index (κ2) is 7.74. The van der Waals surface area contributed by atoms with Gasteiger partial charge in [0.1, 0.15) is 17.5 Å². The molecule has 1 atom stereocenters. The third-order valence-corrected chi connectivity index (χ3v) is 4.61. The van der Waals surface area contributed by atoms with Crippen molar-refractivity contribution in [2.45, 2.75) is 44.7 Å². The summed E-state index contributed by atoms with van der Waals surface area (Å²) >= 11 is 0. The minimum absolute atomic E-state index is 0.0217. The molecule has 7 heteroatoms. The van der Waals surface area contributed by atoms with E-state index in [1.165, 1.54) is 25.0 Å². The molecule has 0 spiro atoms. The number of carbonyl (C=O) groups excluding carboxylic acids is 1. The molecule has 0 bridgehead atoms. The Kier molecular flexibility index (Phi) is 5.43. The molecule has 5 nitrogen and oxygen atoms in total. The van der Waals surface area contributed by atoms with Crippen LogP contribution >= 0.6 is 0 Å². The zero-order chi connectivity index (χ0) is 17.8. The number of rotatable bonds is 6. The molecular weight excluding hydrogens is 326 g/mol. The molecule has 2 aromatic rings. The van der Waals surface area contributed by atoms with E-state index in [-0.39, 0.29) is 12.5 Å². The van der Waals surface area contributed by atoms with Gasteiger partial charge in [0, 0.05) is 23.7 Å². The van der Waals surface area contributed by atoms with Crippen LogP contribution in [-0.4, -0.2) is 22.2 Å². The fourth-order valence-electron chi connectivity index (χ4n) is 3.25. The molecule has 0 saturated heterocycles. The van der Waals surface area contributed by atoms with Crippen LogP contribution in [0.1, 0.15) is 50.3 Å². The first-order chi connectivity index (χ1) is 12.0. The fourth-order valence-corrected chi connectivity index (χ4v) is 3.25. The van der Waals surface area contributed by atoms with Gasteiger partial charge in [0.05, 0.1) is 18.8 Å². The van der Waals surface area contributed by atoms with E-state index in [0.29, 0.717) is 17.4 Å². The van der Waals surface area contributed by atoms with Crippen molar-refractivity contribution in [1.29, 1.82) is 0 Å². The van der Waals surface area contributed by atoms with Crippen molar-refractivity contribution in [2.24, 2.45) is 0 Å². The normalized spacial score (nSPS) is 16.1. The topological polar surface area (TPSA) is 59.0 Å². The van der Waals surface area contributed by atoms with Crippen molar-refractivity contribution in [1.82, 2.24) is 15.1 Å². The van der Waals surface area contributed by atoms with Crippen LogP contribution in [0.5, 0.6) is 0 Å². The Hall–Kier alpha value is -2.28. The van der Waals surface area contributed by atoms with Gasteiger partial charge in [0.25, 0.3) is 0 Å². The Morgan fingerprint density at radius 1 is 1.32 bits per heavy atom. The van der Waals surface area contributed by atoms with E-state index in [4.69, 9.17) is 0 Å². The van der Waals surface area contributed by atoms with Gasteiger partial charge in [-0.3, -0.25) is 4.79 Å². The van der Waals surface area contributed by atoms with Crippen LogP contribution < -0.4 is 10.6 Å². The van der Waals surface area contributed by atoms with E-state index >= 15 is 0 Å². The average molecular weight is 348 g/mol. The molecule has 25 heavy (non-hydrogen) atoms. The Balaban J connectivity index is 1.55. The first-order valence-electron chi connectivity index (χ1n) is 8.56. The Morgan fingerprint density at radius 3 is 2.80 bits per heavy atom. The lowest BCUT2D eigenvalue weighted by Gasteiger charge is -2.17. The molecule has 1 fully saturated rings. The number of carbonyl (C=O) groups is 1. The summed E-state index contributed by atoms with van der Waals surface area (Å²) in [7, 11) is 0. The van der Waals surface area contributed by atoms with Gasteiger partial charge < -0.3 is 10.6 Å². The summed E-state index contributed by atoms with van der Waals surface area (Å²) in [5.74, 6) is -0.792. The maximum atomic E-state index is 13.8. The summed E-state index contributed by atoms with van der Waals surface area (Å²) in [5, 5.41) is 10.1. The van der Waals surface area contributed by atoms with Gasteiger partial charge in [-0.15, -0.1) is 0 Å². The van der Waals surface area contributed by atoms with Crippen molar-refractivity contribution in [3.63, 3.8) is 0 Å². The lowest BCUT2D eigenvalue weighted by Crippen LogP contribution is -2.31. The van der Waals surface area contributed by atoms with Gasteiger partial charge in [0.2, 0.25) is 5.91 Å². The third-order valence-electron chi connectivity index (χ3n) is 4.61. The third kappa shape index (κ3) is 4.22. The molecule has 1 aromatic carbocycles. The molecule has 134 valence electrons. The smallest absolute Gasteiger partial charge is 0.239 e. The Bertz CT molecular complexity index is 740. The molecule has 1 aliphatic carbocycles. The van der Waals surface area contributed by atoms with Gasteiger partial charge in [0.15, 0.2) is 0 Å². The molecule has 0 radical (unpaired) electrons. The van der Waals surface area contributed by atoms with E-state index in [9.17, 15) is 13.6 Å². The maximum Gasteiger partial charge on any atom is 0.239 e. The van der Waals surface area contributed by atoms with Crippen molar-refractivity contribution in [3.8, 4) is 0 Å². The standard InChI is InChI=1S/C18H22F2N4O/c1-12(15-7-6-13(19)10-16(15)20)21-11-18(25)23-17-8-9-22-24(17)14-4-2-3-5-14/h6-10,12,14,21H,2-5,11H2,1H3,(H,23,25). The molecule has 1 unspecified atom stereocenters. The predicted octanol–water partition coefficient (Wildman–Crippen LogP) is 3.57. The lowest BCUT2D eigenvalue weighted by molar-refractivity contribution is -0.115. The number of nitrogens with zero attached hydrogens (tertiary/aromatic N) is 2. The maximum absolute atomic E-state index is 13.8. The number of hydrogen-bond donors (Lipinski definition) is 2. The molecule has 0 aliphatic heterocycles. The highest BCUT2D eigenvalue weighted by molar-refractivity contribution is 5.91. The van der Waals surface area contributed by atoms with E-state index < -0.39 is 17.7 Å². The van der Waals surface area contributed by atoms with Crippen molar-refractivity contribution in [2.75, 3.05) is 11.9 Å². The largest absolute Gasteiger partial charge is 0.310 e. The molecule has 2 N–H and O–H groups in total. The molecule has 1 aromatic heterocycles. The summed E-state index contributed by atoms with van der Waals surface area (Å²) in [6.45, 7) is 1.75. The van der Waals surface area contributed by atoms with Crippen LogP contribution in [-0.2, 0) is 4.79 Å². The minimum Gasteiger partial charge on any atom is -0.310 e. The second-order valence-electron chi connectivity index (χ2n) is 6.42. The quantitative estimate of drug-likeness (QED) is 0.839. The second-order valence-corrected chi connectivity index (χ2v) is 6.42. The summed E-state index contributed by atoms with van der Waals surface area (Å²) in [5.41, 5.74) is 0.324. The Labute approximate surface area is 145 Å².